The third-order valence-corrected chi connectivity index (χ3v) is 5.16. The van der Waals surface area contributed by atoms with Crippen LogP contribution in [0.15, 0.2) is 110 Å². The van der Waals surface area contributed by atoms with E-state index in [0.29, 0.717) is 0 Å². The Labute approximate surface area is 187 Å². The number of rotatable bonds is 5. The molecule has 4 aromatic heterocycles. The summed E-state index contributed by atoms with van der Waals surface area (Å²) in [6.45, 7) is 0. The second kappa shape index (κ2) is 9.14. The first kappa shape index (κ1) is 19.5. The van der Waals surface area contributed by atoms with Crippen LogP contribution in [0.5, 0.6) is 0 Å². The minimum Gasteiger partial charge on any atom is -0.264 e. The molecule has 0 saturated heterocycles. The molecule has 5 rings (SSSR count). The lowest BCUT2D eigenvalue weighted by molar-refractivity contribution is 1.25. The van der Waals surface area contributed by atoms with E-state index in [1.165, 1.54) is 0 Å². The maximum Gasteiger partial charge on any atom is 0.0790 e. The van der Waals surface area contributed by atoms with Crippen LogP contribution in [0.3, 0.4) is 0 Å². The fourth-order valence-electron chi connectivity index (χ4n) is 3.51. The Kier molecular flexibility index (Phi) is 5.58. The molecule has 4 nitrogen and oxygen atoms in total. The molecule has 0 radical (unpaired) electrons. The number of pyridine rings is 4. The molecule has 0 aliphatic carbocycles. The molecule has 0 aliphatic rings. The highest BCUT2D eigenvalue weighted by Gasteiger charge is 2.09. The SMILES string of the molecule is C(=Cc1cc(-c2cccnc2)cnc1-c1ccc(-c2cccnc2)nc1)c1ccccc1. The van der Waals surface area contributed by atoms with Crippen molar-refractivity contribution in [2.45, 2.75) is 0 Å². The summed E-state index contributed by atoms with van der Waals surface area (Å²) in [5.74, 6) is 0. The molecule has 5 aromatic rings. The molecule has 0 spiro atoms. The van der Waals surface area contributed by atoms with Crippen molar-refractivity contribution in [2.24, 2.45) is 0 Å². The lowest BCUT2D eigenvalue weighted by Gasteiger charge is -2.09. The molecule has 1 aromatic carbocycles. The van der Waals surface area contributed by atoms with Gasteiger partial charge >= 0.3 is 0 Å². The van der Waals surface area contributed by atoms with E-state index in [1.54, 1.807) is 12.4 Å². The normalized spacial score (nSPS) is 11.0. The van der Waals surface area contributed by atoms with Gasteiger partial charge in [-0.15, -0.1) is 0 Å². The average molecular weight is 412 g/mol. The van der Waals surface area contributed by atoms with Crippen molar-refractivity contribution in [1.29, 1.82) is 0 Å². The summed E-state index contributed by atoms with van der Waals surface area (Å²) in [5, 5.41) is 0. The molecule has 0 atom stereocenters. The van der Waals surface area contributed by atoms with Crippen LogP contribution >= 0.6 is 0 Å². The summed E-state index contributed by atoms with van der Waals surface area (Å²) in [6.07, 6.45) is 15.2. The second-order valence-electron chi connectivity index (χ2n) is 7.32. The molecule has 32 heavy (non-hydrogen) atoms. The maximum atomic E-state index is 4.81. The lowest BCUT2D eigenvalue weighted by atomic mass is 10.0. The lowest BCUT2D eigenvalue weighted by Crippen LogP contribution is -1.92. The molecule has 152 valence electrons. The van der Waals surface area contributed by atoms with Gasteiger partial charge < -0.3 is 0 Å². The third-order valence-electron chi connectivity index (χ3n) is 5.16. The Morgan fingerprint density at radius 1 is 0.531 bits per heavy atom. The zero-order chi connectivity index (χ0) is 21.6. The van der Waals surface area contributed by atoms with E-state index in [4.69, 9.17) is 4.98 Å². The Bertz CT molecular complexity index is 1330. The van der Waals surface area contributed by atoms with Gasteiger partial charge in [-0.1, -0.05) is 48.6 Å². The molecular weight excluding hydrogens is 392 g/mol. The molecular formula is C28H20N4. The van der Waals surface area contributed by atoms with Gasteiger partial charge in [-0.3, -0.25) is 19.9 Å². The van der Waals surface area contributed by atoms with Crippen LogP contribution in [-0.4, -0.2) is 19.9 Å². The first-order valence-corrected chi connectivity index (χ1v) is 10.4. The van der Waals surface area contributed by atoms with E-state index < -0.39 is 0 Å². The Balaban J connectivity index is 1.55. The van der Waals surface area contributed by atoms with Crippen LogP contribution in [-0.2, 0) is 0 Å². The third kappa shape index (κ3) is 4.35. The zero-order valence-electron chi connectivity index (χ0n) is 17.3. The van der Waals surface area contributed by atoms with Crippen LogP contribution in [0.25, 0.3) is 45.8 Å². The molecule has 4 heterocycles. The number of hydrogen-bond acceptors (Lipinski definition) is 4. The molecule has 0 amide bonds. The maximum absolute atomic E-state index is 4.81. The molecule has 0 saturated carbocycles. The van der Waals surface area contributed by atoms with Crippen molar-refractivity contribution < 1.29 is 0 Å². The zero-order valence-corrected chi connectivity index (χ0v) is 17.3. The van der Waals surface area contributed by atoms with Crippen molar-refractivity contribution in [3.05, 3.63) is 121 Å². The van der Waals surface area contributed by atoms with Crippen LogP contribution in [0.1, 0.15) is 11.1 Å². The highest BCUT2D eigenvalue weighted by Crippen LogP contribution is 2.28. The number of aromatic nitrogens is 4. The van der Waals surface area contributed by atoms with E-state index in [2.05, 4.69) is 51.4 Å². The topological polar surface area (TPSA) is 51.6 Å². The van der Waals surface area contributed by atoms with Crippen molar-refractivity contribution in [3.8, 4) is 33.6 Å². The summed E-state index contributed by atoms with van der Waals surface area (Å²) >= 11 is 0. The molecule has 0 aliphatic heterocycles. The van der Waals surface area contributed by atoms with Crippen molar-refractivity contribution in [3.63, 3.8) is 0 Å². The standard InChI is InChI=1S/C28H20N4/c1-2-6-21(7-3-1)10-11-22-16-26(23-8-4-14-29-17-23)20-32-28(22)25-12-13-27(31-19-25)24-9-5-15-30-18-24/h1-20H. The Hall–Kier alpha value is -4.44. The molecule has 0 N–H and O–H groups in total. The predicted molar refractivity (Wildman–Crippen MR) is 129 cm³/mol. The van der Waals surface area contributed by atoms with Gasteiger partial charge in [0, 0.05) is 65.0 Å². The number of hydrogen-bond donors (Lipinski definition) is 0. The van der Waals surface area contributed by atoms with Crippen LogP contribution in [0, 0.1) is 0 Å². The Morgan fingerprint density at radius 2 is 1.28 bits per heavy atom. The smallest absolute Gasteiger partial charge is 0.0790 e. The minimum atomic E-state index is 0.884. The summed E-state index contributed by atoms with van der Waals surface area (Å²) < 4.78 is 0. The van der Waals surface area contributed by atoms with Gasteiger partial charge in [0.25, 0.3) is 0 Å². The number of benzene rings is 1. The fraction of sp³-hybridized carbons (Fsp3) is 0. The van der Waals surface area contributed by atoms with E-state index in [-0.39, 0.29) is 0 Å². The van der Waals surface area contributed by atoms with Gasteiger partial charge in [0.2, 0.25) is 0 Å². The summed E-state index contributed by atoms with van der Waals surface area (Å²) in [4.78, 5) is 17.9. The molecule has 0 unspecified atom stereocenters. The van der Waals surface area contributed by atoms with Gasteiger partial charge in [0.05, 0.1) is 11.4 Å². The van der Waals surface area contributed by atoms with E-state index in [9.17, 15) is 0 Å². The minimum absolute atomic E-state index is 0.884. The average Bonchev–Trinajstić information content (AvgIpc) is 2.89. The fourth-order valence-corrected chi connectivity index (χ4v) is 3.51. The van der Waals surface area contributed by atoms with E-state index >= 15 is 0 Å². The number of nitrogens with zero attached hydrogens (tertiary/aromatic N) is 4. The summed E-state index contributed by atoms with van der Waals surface area (Å²) in [6, 6.07) is 24.4. The van der Waals surface area contributed by atoms with E-state index in [0.717, 1.165) is 44.8 Å². The molecule has 4 heteroatoms. The molecule has 0 fully saturated rings. The second-order valence-corrected chi connectivity index (χ2v) is 7.32. The van der Waals surface area contributed by atoms with Gasteiger partial charge in [-0.25, -0.2) is 0 Å². The highest BCUT2D eigenvalue weighted by molar-refractivity contribution is 5.81. The summed E-state index contributed by atoms with van der Waals surface area (Å²) in [7, 11) is 0. The predicted octanol–water partition coefficient (Wildman–Crippen LogP) is 6.44. The first-order valence-electron chi connectivity index (χ1n) is 10.4. The van der Waals surface area contributed by atoms with Crippen molar-refractivity contribution in [1.82, 2.24) is 19.9 Å². The molecule has 0 bridgehead atoms. The van der Waals surface area contributed by atoms with Crippen molar-refractivity contribution in [2.75, 3.05) is 0 Å². The quantitative estimate of drug-likeness (QED) is 0.333. The largest absolute Gasteiger partial charge is 0.264 e. The van der Waals surface area contributed by atoms with Gasteiger partial charge in [-0.2, -0.15) is 0 Å². The van der Waals surface area contributed by atoms with Crippen LogP contribution in [0.2, 0.25) is 0 Å². The summed E-state index contributed by atoms with van der Waals surface area (Å²) in [5.41, 5.74) is 7.93. The van der Waals surface area contributed by atoms with Gasteiger partial charge in [0.15, 0.2) is 0 Å². The van der Waals surface area contributed by atoms with Crippen molar-refractivity contribution >= 4 is 12.2 Å². The van der Waals surface area contributed by atoms with E-state index in [1.807, 2.05) is 73.3 Å². The van der Waals surface area contributed by atoms with Crippen LogP contribution < -0.4 is 0 Å². The first-order chi connectivity index (χ1) is 15.9. The van der Waals surface area contributed by atoms with Crippen LogP contribution in [0.4, 0.5) is 0 Å². The highest BCUT2D eigenvalue weighted by atomic mass is 14.7. The monoisotopic (exact) mass is 412 g/mol. The van der Waals surface area contributed by atoms with Gasteiger partial charge in [0.1, 0.15) is 0 Å². The Morgan fingerprint density at radius 3 is 1.97 bits per heavy atom. The van der Waals surface area contributed by atoms with Gasteiger partial charge in [-0.05, 0) is 42.0 Å².